The van der Waals surface area contributed by atoms with Gasteiger partial charge in [-0.1, -0.05) is 27.2 Å². The molecule has 1 unspecified atom stereocenters. The summed E-state index contributed by atoms with van der Waals surface area (Å²) in [6.45, 7) is 11.7. The molecule has 0 spiro atoms. The van der Waals surface area contributed by atoms with Crippen LogP contribution in [0.5, 0.6) is 0 Å². The molecule has 1 fully saturated rings. The van der Waals surface area contributed by atoms with Gasteiger partial charge in [-0.15, -0.1) is 0 Å². The summed E-state index contributed by atoms with van der Waals surface area (Å²) in [7, 11) is 0. The molecule has 0 aliphatic carbocycles. The summed E-state index contributed by atoms with van der Waals surface area (Å²) < 4.78 is 1.83. The largest absolute Gasteiger partial charge is 0.294 e. The number of nitrogens with zero attached hydrogens (tertiary/aromatic N) is 4. The number of aromatic nitrogens is 3. The molecule has 0 amide bonds. The summed E-state index contributed by atoms with van der Waals surface area (Å²) in [6.07, 6.45) is 5.06. The lowest BCUT2D eigenvalue weighted by molar-refractivity contribution is 0.0836. The summed E-state index contributed by atoms with van der Waals surface area (Å²) in [5.41, 5.74) is 1.18. The topological polar surface area (TPSA) is 51.0 Å². The van der Waals surface area contributed by atoms with Crippen LogP contribution in [0.2, 0.25) is 0 Å². The zero-order chi connectivity index (χ0) is 18.0. The molecule has 3 heterocycles. The molecule has 0 radical (unpaired) electrons. The number of rotatable bonds is 5. The number of piperidine rings is 1. The average molecular weight is 342 g/mol. The fraction of sp³-hybridized carbons (Fsp3) is 0.650. The maximum Gasteiger partial charge on any atom is 0.280 e. The first-order valence-corrected chi connectivity index (χ1v) is 9.64. The van der Waals surface area contributed by atoms with Crippen LogP contribution in [0, 0.1) is 11.8 Å². The normalized spacial score (nSPS) is 23.0. The minimum absolute atomic E-state index is 0.0118. The van der Waals surface area contributed by atoms with Crippen LogP contribution < -0.4 is 5.56 Å². The molecule has 25 heavy (non-hydrogen) atoms. The van der Waals surface area contributed by atoms with Gasteiger partial charge in [-0.25, -0.2) is 9.97 Å². The van der Waals surface area contributed by atoms with E-state index < -0.39 is 0 Å². The molecule has 2 aromatic rings. The fourth-order valence-electron chi connectivity index (χ4n) is 4.34. The predicted molar refractivity (Wildman–Crippen MR) is 102 cm³/mol. The zero-order valence-electron chi connectivity index (χ0n) is 15.9. The van der Waals surface area contributed by atoms with Crippen molar-refractivity contribution in [2.24, 2.45) is 11.8 Å². The first-order valence-electron chi connectivity index (χ1n) is 9.64. The number of hydrogen-bond acceptors (Lipinski definition) is 4. The summed E-state index contributed by atoms with van der Waals surface area (Å²) in [6, 6.07) is 3.96. The molecular weight excluding hydrogens is 312 g/mol. The highest BCUT2D eigenvalue weighted by Gasteiger charge is 2.30. The molecule has 1 aliphatic heterocycles. The van der Waals surface area contributed by atoms with Crippen LogP contribution in [0.1, 0.15) is 58.8 Å². The molecule has 5 nitrogen and oxygen atoms in total. The quantitative estimate of drug-likeness (QED) is 0.832. The second-order valence-corrected chi connectivity index (χ2v) is 7.59. The maximum absolute atomic E-state index is 12.9. The Morgan fingerprint density at radius 3 is 2.60 bits per heavy atom. The first kappa shape index (κ1) is 18.1. The minimum atomic E-state index is -0.0118. The second kappa shape index (κ2) is 7.65. The van der Waals surface area contributed by atoms with Crippen molar-refractivity contribution in [1.82, 2.24) is 19.4 Å². The first-order chi connectivity index (χ1) is 12.0. The molecule has 5 heteroatoms. The van der Waals surface area contributed by atoms with Gasteiger partial charge in [-0.3, -0.25) is 14.3 Å². The van der Waals surface area contributed by atoms with Crippen molar-refractivity contribution in [2.45, 2.75) is 59.5 Å². The maximum atomic E-state index is 12.9. The highest BCUT2D eigenvalue weighted by Crippen LogP contribution is 2.31. The van der Waals surface area contributed by atoms with Crippen molar-refractivity contribution >= 4 is 11.0 Å². The Labute approximate surface area is 150 Å². The van der Waals surface area contributed by atoms with Gasteiger partial charge in [-0.05, 0) is 43.7 Å². The lowest BCUT2D eigenvalue weighted by atomic mass is 9.90. The van der Waals surface area contributed by atoms with Crippen LogP contribution in [-0.4, -0.2) is 32.5 Å². The summed E-state index contributed by atoms with van der Waals surface area (Å²) in [5.74, 6) is 2.29. The molecule has 136 valence electrons. The summed E-state index contributed by atoms with van der Waals surface area (Å²) >= 11 is 0. The number of hydrogen-bond donors (Lipinski definition) is 0. The molecular formula is C20H30N4O. The number of pyridine rings is 1. The Morgan fingerprint density at radius 2 is 1.96 bits per heavy atom. The Morgan fingerprint density at radius 1 is 1.24 bits per heavy atom. The standard InChI is InChI=1S/C20H30N4O/c1-5-8-17(23-12-14(3)11-15(4)13-23)19-22-16-9-7-10-21-18(16)20(25)24(19)6-2/h7,9-10,14-15,17H,5-6,8,11-13H2,1-4H3/t14-,15+,17?. The van der Waals surface area contributed by atoms with Crippen LogP contribution in [0.4, 0.5) is 0 Å². The number of fused-ring (bicyclic) bond motifs is 1. The molecule has 0 saturated carbocycles. The summed E-state index contributed by atoms with van der Waals surface area (Å²) in [4.78, 5) is 24.7. The molecule has 1 saturated heterocycles. The second-order valence-electron chi connectivity index (χ2n) is 7.59. The SMILES string of the molecule is CCCC(c1nc2cccnc2c(=O)n1CC)N1C[C@H](C)C[C@H](C)C1. The van der Waals surface area contributed by atoms with Gasteiger partial charge in [0.1, 0.15) is 5.82 Å². The monoisotopic (exact) mass is 342 g/mol. The van der Waals surface area contributed by atoms with Crippen LogP contribution in [0.3, 0.4) is 0 Å². The van der Waals surface area contributed by atoms with Gasteiger partial charge >= 0.3 is 0 Å². The molecule has 0 N–H and O–H groups in total. The Balaban J connectivity index is 2.11. The molecule has 2 aromatic heterocycles. The molecule has 3 rings (SSSR count). The third kappa shape index (κ3) is 3.61. The fourth-order valence-corrected chi connectivity index (χ4v) is 4.34. The highest BCUT2D eigenvalue weighted by atomic mass is 16.1. The van der Waals surface area contributed by atoms with E-state index in [1.807, 2.05) is 23.6 Å². The molecule has 0 aromatic carbocycles. The van der Waals surface area contributed by atoms with E-state index in [-0.39, 0.29) is 11.6 Å². The van der Waals surface area contributed by atoms with E-state index in [0.29, 0.717) is 29.4 Å². The van der Waals surface area contributed by atoms with Crippen molar-refractivity contribution in [3.63, 3.8) is 0 Å². The average Bonchev–Trinajstić information content (AvgIpc) is 2.59. The molecule has 3 atom stereocenters. The Bertz CT molecular complexity index is 775. The van der Waals surface area contributed by atoms with E-state index in [4.69, 9.17) is 4.98 Å². The van der Waals surface area contributed by atoms with E-state index in [9.17, 15) is 4.79 Å². The third-order valence-corrected chi connectivity index (χ3v) is 5.26. The van der Waals surface area contributed by atoms with Crippen molar-refractivity contribution in [1.29, 1.82) is 0 Å². The summed E-state index contributed by atoms with van der Waals surface area (Å²) in [5, 5.41) is 0. The minimum Gasteiger partial charge on any atom is -0.294 e. The van der Waals surface area contributed by atoms with Crippen LogP contribution in [-0.2, 0) is 6.54 Å². The van der Waals surface area contributed by atoms with Crippen molar-refractivity contribution in [3.05, 3.63) is 34.5 Å². The van der Waals surface area contributed by atoms with E-state index in [0.717, 1.165) is 31.8 Å². The molecule has 0 bridgehead atoms. The van der Waals surface area contributed by atoms with Gasteiger partial charge in [0.15, 0.2) is 5.52 Å². The van der Waals surface area contributed by atoms with Gasteiger partial charge in [0.2, 0.25) is 0 Å². The Kier molecular flexibility index (Phi) is 5.52. The van der Waals surface area contributed by atoms with Crippen LogP contribution in [0.25, 0.3) is 11.0 Å². The van der Waals surface area contributed by atoms with Gasteiger partial charge in [0.25, 0.3) is 5.56 Å². The predicted octanol–water partition coefficient (Wildman–Crippen LogP) is 3.63. The van der Waals surface area contributed by atoms with Crippen LogP contribution >= 0.6 is 0 Å². The van der Waals surface area contributed by atoms with E-state index in [1.54, 1.807) is 6.20 Å². The van der Waals surface area contributed by atoms with E-state index in [1.165, 1.54) is 6.42 Å². The highest BCUT2D eigenvalue weighted by molar-refractivity contribution is 5.72. The van der Waals surface area contributed by atoms with Crippen molar-refractivity contribution in [2.75, 3.05) is 13.1 Å². The number of likely N-dealkylation sites (tertiary alicyclic amines) is 1. The molecule has 1 aliphatic rings. The zero-order valence-corrected chi connectivity index (χ0v) is 15.9. The van der Waals surface area contributed by atoms with Gasteiger partial charge in [0, 0.05) is 25.8 Å². The van der Waals surface area contributed by atoms with Gasteiger partial charge in [-0.2, -0.15) is 0 Å². The third-order valence-electron chi connectivity index (χ3n) is 5.26. The van der Waals surface area contributed by atoms with Crippen LogP contribution in [0.15, 0.2) is 23.1 Å². The Hall–Kier alpha value is -1.75. The van der Waals surface area contributed by atoms with Crippen molar-refractivity contribution < 1.29 is 0 Å². The smallest absolute Gasteiger partial charge is 0.280 e. The van der Waals surface area contributed by atoms with E-state index >= 15 is 0 Å². The van der Waals surface area contributed by atoms with Crippen molar-refractivity contribution in [3.8, 4) is 0 Å². The van der Waals surface area contributed by atoms with Gasteiger partial charge < -0.3 is 0 Å². The lowest BCUT2D eigenvalue weighted by Gasteiger charge is -2.40. The van der Waals surface area contributed by atoms with E-state index in [2.05, 4.69) is 30.7 Å². The lowest BCUT2D eigenvalue weighted by Crippen LogP contribution is -2.43. The van der Waals surface area contributed by atoms with Gasteiger partial charge in [0.05, 0.1) is 11.6 Å².